The Morgan fingerprint density at radius 1 is 1.15 bits per heavy atom. The molecule has 0 saturated heterocycles. The van der Waals surface area contributed by atoms with Crippen molar-refractivity contribution >= 4 is 29.0 Å². The van der Waals surface area contributed by atoms with Gasteiger partial charge in [-0.1, -0.05) is 6.07 Å². The van der Waals surface area contributed by atoms with E-state index in [0.29, 0.717) is 22.5 Å². The third kappa shape index (κ3) is 5.25. The zero-order valence-electron chi connectivity index (χ0n) is 18.9. The maximum absolute atomic E-state index is 13.2. The normalized spacial score (nSPS) is 13.1. The molecule has 1 aromatic carbocycles. The fourth-order valence-electron chi connectivity index (χ4n) is 3.55. The van der Waals surface area contributed by atoms with E-state index in [4.69, 9.17) is 0 Å². The van der Waals surface area contributed by atoms with Gasteiger partial charge in [0.15, 0.2) is 0 Å². The molecule has 3 heterocycles. The molecule has 11 heteroatoms. The summed E-state index contributed by atoms with van der Waals surface area (Å²) in [5, 5.41) is 8.91. The van der Waals surface area contributed by atoms with Crippen molar-refractivity contribution in [3.05, 3.63) is 53.3 Å². The van der Waals surface area contributed by atoms with Gasteiger partial charge in [0, 0.05) is 30.4 Å². The van der Waals surface area contributed by atoms with E-state index in [1.807, 2.05) is 33.2 Å². The molecule has 0 fully saturated rings. The summed E-state index contributed by atoms with van der Waals surface area (Å²) in [4.78, 5) is 27.7. The first-order valence-corrected chi connectivity index (χ1v) is 10.6. The topological polar surface area (TPSA) is 95.1 Å². The fraction of sp³-hybridized carbons (Fsp3) is 0.304. The van der Waals surface area contributed by atoms with Crippen LogP contribution in [0.1, 0.15) is 16.8 Å². The Hall–Kier alpha value is -3.73. The van der Waals surface area contributed by atoms with Crippen LogP contribution < -0.4 is 16.0 Å². The van der Waals surface area contributed by atoms with E-state index in [-0.39, 0.29) is 18.1 Å². The second-order valence-corrected chi connectivity index (χ2v) is 8.24. The summed E-state index contributed by atoms with van der Waals surface area (Å²) in [6.45, 7) is 3.47. The summed E-state index contributed by atoms with van der Waals surface area (Å²) < 4.78 is 39.5. The Balaban J connectivity index is 1.61. The molecule has 8 nitrogen and oxygen atoms in total. The molecule has 1 aliphatic heterocycles. The lowest BCUT2D eigenvalue weighted by atomic mass is 10.0. The number of alkyl halides is 3. The number of rotatable bonds is 6. The van der Waals surface area contributed by atoms with Crippen LogP contribution in [-0.2, 0) is 17.4 Å². The predicted molar refractivity (Wildman–Crippen MR) is 124 cm³/mol. The number of nitrogens with one attached hydrogen (secondary N) is 3. The Labute approximate surface area is 194 Å². The molecular formula is C23H24F3N7O. The number of aryl methyl sites for hydroxylation is 1. The van der Waals surface area contributed by atoms with Crippen molar-refractivity contribution in [2.45, 2.75) is 19.5 Å². The van der Waals surface area contributed by atoms with Gasteiger partial charge in [0.05, 0.1) is 34.7 Å². The van der Waals surface area contributed by atoms with Gasteiger partial charge in [-0.2, -0.15) is 13.2 Å². The number of hydrogen-bond donors (Lipinski definition) is 3. The van der Waals surface area contributed by atoms with Crippen molar-refractivity contribution in [3.63, 3.8) is 0 Å². The number of halogens is 3. The zero-order valence-corrected chi connectivity index (χ0v) is 18.9. The summed E-state index contributed by atoms with van der Waals surface area (Å²) in [7, 11) is 3.99. The molecule has 34 heavy (non-hydrogen) atoms. The zero-order chi connectivity index (χ0) is 24.5. The first-order valence-electron chi connectivity index (χ1n) is 10.6. The average Bonchev–Trinajstić information content (AvgIpc) is 2.89. The van der Waals surface area contributed by atoms with Crippen LogP contribution in [-0.4, -0.2) is 52.9 Å². The standard InChI is InChI=1S/C23H24F3N7O/c1-13-17(6-7-19(29-13)27-8-9-33(2)3)31-22-28-12-14-10-20(34)30-18-11-15(23(24,25)26)4-5-16(18)21(14)32-22/h4-7,11-12H,8-10H2,1-3H3,(H,27,29)(H,30,34)(H,28,31,32). The molecular weight excluding hydrogens is 447 g/mol. The predicted octanol–water partition coefficient (Wildman–Crippen LogP) is 4.08. The van der Waals surface area contributed by atoms with E-state index < -0.39 is 17.6 Å². The second-order valence-electron chi connectivity index (χ2n) is 8.24. The van der Waals surface area contributed by atoms with E-state index in [2.05, 4.69) is 35.8 Å². The molecule has 0 aliphatic carbocycles. The van der Waals surface area contributed by atoms with Crippen molar-refractivity contribution < 1.29 is 18.0 Å². The van der Waals surface area contributed by atoms with Crippen LogP contribution in [0.15, 0.2) is 36.5 Å². The van der Waals surface area contributed by atoms with Crippen LogP contribution in [0.2, 0.25) is 0 Å². The SMILES string of the molecule is Cc1nc(NCCN(C)C)ccc1Nc1ncc2c(n1)-c1ccc(C(F)(F)F)cc1NC(=O)C2. The van der Waals surface area contributed by atoms with Gasteiger partial charge in [0.2, 0.25) is 11.9 Å². The first kappa shape index (κ1) is 23.4. The number of pyridine rings is 1. The minimum atomic E-state index is -4.52. The summed E-state index contributed by atoms with van der Waals surface area (Å²) in [6, 6.07) is 6.91. The third-order valence-corrected chi connectivity index (χ3v) is 5.29. The van der Waals surface area contributed by atoms with Crippen LogP contribution in [0, 0.1) is 6.92 Å². The number of hydrogen-bond acceptors (Lipinski definition) is 7. The number of nitrogens with zero attached hydrogens (tertiary/aromatic N) is 4. The highest BCUT2D eigenvalue weighted by Gasteiger charge is 2.32. The molecule has 3 N–H and O–H groups in total. The van der Waals surface area contributed by atoms with Gasteiger partial charge < -0.3 is 20.9 Å². The lowest BCUT2D eigenvalue weighted by Crippen LogP contribution is -2.21. The number of amides is 1. The smallest absolute Gasteiger partial charge is 0.369 e. The minimum absolute atomic E-state index is 0.0421. The summed E-state index contributed by atoms with van der Waals surface area (Å²) in [6.07, 6.45) is -3.05. The van der Waals surface area contributed by atoms with Gasteiger partial charge in [-0.25, -0.2) is 15.0 Å². The molecule has 0 spiro atoms. The monoisotopic (exact) mass is 471 g/mol. The van der Waals surface area contributed by atoms with Crippen LogP contribution >= 0.6 is 0 Å². The molecule has 2 aromatic heterocycles. The van der Waals surface area contributed by atoms with Crippen LogP contribution in [0.5, 0.6) is 0 Å². The maximum Gasteiger partial charge on any atom is 0.416 e. The van der Waals surface area contributed by atoms with Gasteiger partial charge in [0.25, 0.3) is 0 Å². The molecule has 0 bridgehead atoms. The Bertz CT molecular complexity index is 1230. The molecule has 0 atom stereocenters. The Morgan fingerprint density at radius 3 is 2.65 bits per heavy atom. The van der Waals surface area contributed by atoms with Gasteiger partial charge in [-0.05, 0) is 45.3 Å². The number of carbonyl (C=O) groups is 1. The number of likely N-dealkylation sites (N-methyl/N-ethyl adjacent to an activating group) is 1. The lowest BCUT2D eigenvalue weighted by molar-refractivity contribution is -0.137. The van der Waals surface area contributed by atoms with Gasteiger partial charge >= 0.3 is 6.18 Å². The molecule has 0 saturated carbocycles. The maximum atomic E-state index is 13.2. The fourth-order valence-corrected chi connectivity index (χ4v) is 3.55. The number of fused-ring (bicyclic) bond motifs is 3. The van der Waals surface area contributed by atoms with Crippen molar-refractivity contribution in [1.29, 1.82) is 0 Å². The third-order valence-electron chi connectivity index (χ3n) is 5.29. The first-order chi connectivity index (χ1) is 16.1. The van der Waals surface area contributed by atoms with E-state index in [1.54, 1.807) is 0 Å². The van der Waals surface area contributed by atoms with Gasteiger partial charge in [-0.3, -0.25) is 4.79 Å². The average molecular weight is 471 g/mol. The van der Waals surface area contributed by atoms with Crippen LogP contribution in [0.4, 0.5) is 36.3 Å². The van der Waals surface area contributed by atoms with E-state index in [1.165, 1.54) is 12.3 Å². The van der Waals surface area contributed by atoms with Gasteiger partial charge in [0.1, 0.15) is 5.82 Å². The summed E-state index contributed by atoms with van der Waals surface area (Å²) in [5.41, 5.74) is 1.95. The summed E-state index contributed by atoms with van der Waals surface area (Å²) >= 11 is 0. The number of benzene rings is 1. The molecule has 178 valence electrons. The van der Waals surface area contributed by atoms with Gasteiger partial charge in [-0.15, -0.1) is 0 Å². The molecule has 0 radical (unpaired) electrons. The highest BCUT2D eigenvalue weighted by Crippen LogP contribution is 2.38. The molecule has 0 unspecified atom stereocenters. The highest BCUT2D eigenvalue weighted by atomic mass is 19.4. The van der Waals surface area contributed by atoms with E-state index in [0.717, 1.165) is 36.7 Å². The summed E-state index contributed by atoms with van der Waals surface area (Å²) in [5.74, 6) is 0.560. The van der Waals surface area contributed by atoms with Crippen molar-refractivity contribution in [3.8, 4) is 11.3 Å². The number of carbonyl (C=O) groups excluding carboxylic acids is 1. The Kier molecular flexibility index (Phi) is 6.38. The molecule has 4 rings (SSSR count). The van der Waals surface area contributed by atoms with Crippen molar-refractivity contribution in [2.75, 3.05) is 43.1 Å². The van der Waals surface area contributed by atoms with E-state index >= 15 is 0 Å². The quantitative estimate of drug-likeness (QED) is 0.499. The lowest BCUT2D eigenvalue weighted by Gasteiger charge is -2.14. The second kappa shape index (κ2) is 9.26. The molecule has 3 aromatic rings. The van der Waals surface area contributed by atoms with Crippen molar-refractivity contribution in [1.82, 2.24) is 19.9 Å². The highest BCUT2D eigenvalue weighted by molar-refractivity contribution is 6.00. The van der Waals surface area contributed by atoms with E-state index in [9.17, 15) is 18.0 Å². The number of anilines is 4. The largest absolute Gasteiger partial charge is 0.416 e. The molecule has 1 amide bonds. The van der Waals surface area contributed by atoms with Crippen LogP contribution in [0.25, 0.3) is 11.3 Å². The minimum Gasteiger partial charge on any atom is -0.369 e. The molecule has 1 aliphatic rings. The van der Waals surface area contributed by atoms with Crippen LogP contribution in [0.3, 0.4) is 0 Å². The van der Waals surface area contributed by atoms with Crippen molar-refractivity contribution in [2.24, 2.45) is 0 Å². The number of aromatic nitrogens is 3. The Morgan fingerprint density at radius 2 is 1.94 bits per heavy atom.